The number of amides is 2. The Balaban J connectivity index is 1.50. The SMILES string of the molecule is CC(C)CC1NCCN(CC(=O)N2CCC3(CC2)OCO3)C1=O. The molecule has 2 amide bonds. The summed E-state index contributed by atoms with van der Waals surface area (Å²) in [5, 5.41) is 3.26. The molecule has 3 fully saturated rings. The summed E-state index contributed by atoms with van der Waals surface area (Å²) in [5.41, 5.74) is 0. The normalized spacial score (nSPS) is 27.4. The molecule has 7 heteroatoms. The van der Waals surface area contributed by atoms with Crippen LogP contribution in [0.25, 0.3) is 0 Å². The van der Waals surface area contributed by atoms with Crippen LogP contribution in [0.1, 0.15) is 33.1 Å². The van der Waals surface area contributed by atoms with E-state index < -0.39 is 5.79 Å². The van der Waals surface area contributed by atoms with E-state index in [9.17, 15) is 9.59 Å². The first-order valence-corrected chi connectivity index (χ1v) is 8.57. The summed E-state index contributed by atoms with van der Waals surface area (Å²) >= 11 is 0. The highest BCUT2D eigenvalue weighted by Crippen LogP contribution is 2.34. The first-order chi connectivity index (χ1) is 11.0. The number of nitrogens with one attached hydrogen (secondary N) is 1. The van der Waals surface area contributed by atoms with E-state index in [4.69, 9.17) is 9.47 Å². The number of nitrogens with zero attached hydrogens (tertiary/aromatic N) is 2. The van der Waals surface area contributed by atoms with Crippen molar-refractivity contribution >= 4 is 11.8 Å². The molecular weight excluding hydrogens is 298 g/mol. The van der Waals surface area contributed by atoms with Crippen molar-refractivity contribution < 1.29 is 19.1 Å². The van der Waals surface area contributed by atoms with E-state index >= 15 is 0 Å². The van der Waals surface area contributed by atoms with Gasteiger partial charge in [-0.1, -0.05) is 13.8 Å². The molecule has 23 heavy (non-hydrogen) atoms. The third kappa shape index (κ3) is 3.67. The summed E-state index contributed by atoms with van der Waals surface area (Å²) < 4.78 is 10.9. The Kier molecular flexibility index (Phi) is 4.89. The van der Waals surface area contributed by atoms with Gasteiger partial charge in [0.15, 0.2) is 12.6 Å². The topological polar surface area (TPSA) is 71.1 Å². The second kappa shape index (κ2) is 6.75. The summed E-state index contributed by atoms with van der Waals surface area (Å²) in [6.45, 7) is 7.37. The monoisotopic (exact) mass is 325 g/mol. The molecule has 130 valence electrons. The van der Waals surface area contributed by atoms with Crippen molar-refractivity contribution in [1.29, 1.82) is 0 Å². The molecule has 1 unspecified atom stereocenters. The maximum atomic E-state index is 12.5. The lowest BCUT2D eigenvalue weighted by molar-refractivity contribution is -0.407. The fraction of sp³-hybridized carbons (Fsp3) is 0.875. The zero-order valence-electron chi connectivity index (χ0n) is 14.0. The summed E-state index contributed by atoms with van der Waals surface area (Å²) in [6, 6.07) is -0.155. The van der Waals surface area contributed by atoms with Gasteiger partial charge < -0.3 is 24.6 Å². The van der Waals surface area contributed by atoms with Crippen LogP contribution in [0.15, 0.2) is 0 Å². The summed E-state index contributed by atoms with van der Waals surface area (Å²) in [6.07, 6.45) is 2.23. The molecule has 3 rings (SSSR count). The summed E-state index contributed by atoms with van der Waals surface area (Å²) in [4.78, 5) is 28.5. The Morgan fingerprint density at radius 2 is 2.00 bits per heavy atom. The number of piperidine rings is 1. The Hall–Kier alpha value is -1.18. The molecule has 0 aromatic carbocycles. The van der Waals surface area contributed by atoms with Crippen LogP contribution in [-0.4, -0.2) is 73.0 Å². The number of likely N-dealkylation sites (tertiary alicyclic amines) is 1. The lowest BCUT2D eigenvalue weighted by Gasteiger charge is -2.47. The van der Waals surface area contributed by atoms with E-state index in [1.165, 1.54) is 0 Å². The van der Waals surface area contributed by atoms with Crippen molar-refractivity contribution in [3.05, 3.63) is 0 Å². The third-order valence-corrected chi connectivity index (χ3v) is 4.94. The molecule has 0 radical (unpaired) electrons. The fourth-order valence-corrected chi connectivity index (χ4v) is 3.48. The van der Waals surface area contributed by atoms with Crippen LogP contribution in [0.3, 0.4) is 0 Å². The van der Waals surface area contributed by atoms with Crippen molar-refractivity contribution in [3.63, 3.8) is 0 Å². The maximum absolute atomic E-state index is 12.5. The Labute approximate surface area is 137 Å². The predicted molar refractivity (Wildman–Crippen MR) is 83.4 cm³/mol. The van der Waals surface area contributed by atoms with Crippen molar-refractivity contribution in [1.82, 2.24) is 15.1 Å². The first-order valence-electron chi connectivity index (χ1n) is 8.57. The molecular formula is C16H27N3O4. The van der Waals surface area contributed by atoms with Crippen LogP contribution in [0.5, 0.6) is 0 Å². The number of rotatable bonds is 4. The van der Waals surface area contributed by atoms with Gasteiger partial charge in [-0.15, -0.1) is 0 Å². The van der Waals surface area contributed by atoms with Crippen LogP contribution in [0.4, 0.5) is 0 Å². The molecule has 1 atom stereocenters. The average molecular weight is 325 g/mol. The highest BCUT2D eigenvalue weighted by molar-refractivity contribution is 5.88. The minimum absolute atomic E-state index is 0.0257. The molecule has 3 saturated heterocycles. The zero-order chi connectivity index (χ0) is 16.4. The quantitative estimate of drug-likeness (QED) is 0.797. The second-order valence-electron chi connectivity index (χ2n) is 7.09. The molecule has 0 bridgehead atoms. The lowest BCUT2D eigenvalue weighted by Crippen LogP contribution is -2.59. The Morgan fingerprint density at radius 1 is 1.30 bits per heavy atom. The third-order valence-electron chi connectivity index (χ3n) is 4.94. The molecule has 0 saturated carbocycles. The highest BCUT2D eigenvalue weighted by Gasteiger charge is 2.43. The van der Waals surface area contributed by atoms with E-state index in [1.54, 1.807) is 4.90 Å². The number of hydrogen-bond donors (Lipinski definition) is 1. The Morgan fingerprint density at radius 3 is 2.57 bits per heavy atom. The standard InChI is InChI=1S/C16H27N3O4/c1-12(2)9-13-15(21)19(8-5-17-13)10-14(20)18-6-3-16(4-7-18)22-11-23-16/h12-13,17H,3-11H2,1-2H3. The van der Waals surface area contributed by atoms with Gasteiger partial charge >= 0.3 is 0 Å². The highest BCUT2D eigenvalue weighted by atomic mass is 16.9. The van der Waals surface area contributed by atoms with Gasteiger partial charge in [-0.2, -0.15) is 0 Å². The van der Waals surface area contributed by atoms with E-state index in [0.29, 0.717) is 45.2 Å². The number of ether oxygens (including phenoxy) is 2. The van der Waals surface area contributed by atoms with Crippen molar-refractivity contribution in [2.45, 2.75) is 44.9 Å². The molecule has 3 aliphatic heterocycles. The molecule has 7 nitrogen and oxygen atoms in total. The van der Waals surface area contributed by atoms with E-state index in [0.717, 1.165) is 13.0 Å². The smallest absolute Gasteiger partial charge is 0.242 e. The Bertz CT molecular complexity index is 454. The van der Waals surface area contributed by atoms with Crippen LogP contribution >= 0.6 is 0 Å². The van der Waals surface area contributed by atoms with Gasteiger partial charge in [0.05, 0.1) is 12.6 Å². The first kappa shape index (κ1) is 16.7. The summed E-state index contributed by atoms with van der Waals surface area (Å²) in [7, 11) is 0. The van der Waals surface area contributed by atoms with Crippen molar-refractivity contribution in [2.75, 3.05) is 39.5 Å². The van der Waals surface area contributed by atoms with Gasteiger partial charge in [0, 0.05) is 39.0 Å². The van der Waals surface area contributed by atoms with Crippen molar-refractivity contribution in [2.24, 2.45) is 5.92 Å². The lowest BCUT2D eigenvalue weighted by atomic mass is 10.0. The summed E-state index contributed by atoms with van der Waals surface area (Å²) in [5.74, 6) is 0.0901. The number of piperazine rings is 1. The second-order valence-corrected chi connectivity index (χ2v) is 7.09. The van der Waals surface area contributed by atoms with E-state index in [1.807, 2.05) is 4.90 Å². The van der Waals surface area contributed by atoms with Crippen molar-refractivity contribution in [3.8, 4) is 0 Å². The average Bonchev–Trinajstić information content (AvgIpc) is 2.49. The number of carbonyl (C=O) groups is 2. The minimum atomic E-state index is -0.440. The molecule has 3 heterocycles. The molecule has 0 aromatic heterocycles. The van der Waals surface area contributed by atoms with Gasteiger partial charge in [0.2, 0.25) is 11.8 Å². The van der Waals surface area contributed by atoms with E-state index in [-0.39, 0.29) is 24.4 Å². The van der Waals surface area contributed by atoms with Crippen LogP contribution in [0.2, 0.25) is 0 Å². The molecule has 0 aromatic rings. The molecule has 0 aliphatic carbocycles. The van der Waals surface area contributed by atoms with Gasteiger partial charge in [-0.25, -0.2) is 0 Å². The molecule has 1 N–H and O–H groups in total. The van der Waals surface area contributed by atoms with Crippen LogP contribution in [-0.2, 0) is 19.1 Å². The number of carbonyl (C=O) groups excluding carboxylic acids is 2. The maximum Gasteiger partial charge on any atom is 0.242 e. The van der Waals surface area contributed by atoms with Crippen LogP contribution in [0, 0.1) is 5.92 Å². The minimum Gasteiger partial charge on any atom is -0.341 e. The fourth-order valence-electron chi connectivity index (χ4n) is 3.48. The van der Waals surface area contributed by atoms with Gasteiger partial charge in [0.1, 0.15) is 0 Å². The van der Waals surface area contributed by atoms with Gasteiger partial charge in [-0.05, 0) is 12.3 Å². The zero-order valence-corrected chi connectivity index (χ0v) is 14.0. The largest absolute Gasteiger partial charge is 0.341 e. The van der Waals surface area contributed by atoms with E-state index in [2.05, 4.69) is 19.2 Å². The molecule has 3 aliphatic rings. The van der Waals surface area contributed by atoms with Gasteiger partial charge in [0.25, 0.3) is 0 Å². The predicted octanol–water partition coefficient (Wildman–Crippen LogP) is 0.156. The van der Waals surface area contributed by atoms with Gasteiger partial charge in [-0.3, -0.25) is 9.59 Å². The van der Waals surface area contributed by atoms with Crippen LogP contribution < -0.4 is 5.32 Å². The molecule has 1 spiro atoms. The number of hydrogen-bond acceptors (Lipinski definition) is 5.